The molecule has 4 aromatic rings. The van der Waals surface area contributed by atoms with Gasteiger partial charge in [0, 0.05) is 4.47 Å². The maximum absolute atomic E-state index is 10.7. The summed E-state index contributed by atoms with van der Waals surface area (Å²) in [7, 11) is 0. The molecule has 4 rings (SSSR count). The van der Waals surface area contributed by atoms with Crippen LogP contribution in [0, 0.1) is 0 Å². The fourth-order valence-corrected chi connectivity index (χ4v) is 3.66. The van der Waals surface area contributed by atoms with Gasteiger partial charge < -0.3 is 17.5 Å². The molecule has 1 atom stereocenters. The Labute approximate surface area is 178 Å². The summed E-state index contributed by atoms with van der Waals surface area (Å²) in [6.45, 7) is 1.09. The second-order valence-corrected chi connectivity index (χ2v) is 7.51. The van der Waals surface area contributed by atoms with Crippen molar-refractivity contribution < 1.29 is 22.1 Å². The van der Waals surface area contributed by atoms with Gasteiger partial charge in [0.1, 0.15) is 23.7 Å². The predicted molar refractivity (Wildman–Crippen MR) is 111 cm³/mol. The van der Waals surface area contributed by atoms with E-state index in [1.54, 1.807) is 0 Å². The van der Waals surface area contributed by atoms with Crippen LogP contribution in [0.2, 0.25) is 0 Å². The third-order valence-corrected chi connectivity index (χ3v) is 5.34. The van der Waals surface area contributed by atoms with Crippen LogP contribution in [0.15, 0.2) is 83.3 Å². The van der Waals surface area contributed by atoms with Gasteiger partial charge in [0.05, 0.1) is 6.54 Å². The summed E-state index contributed by atoms with van der Waals surface area (Å²) < 4.78 is 5.08. The molecular weight excluding hydrogens is 438 g/mol. The molecule has 0 aliphatic rings. The highest BCUT2D eigenvalue weighted by Crippen LogP contribution is 2.23. The van der Waals surface area contributed by atoms with Gasteiger partial charge in [-0.2, -0.15) is 0 Å². The van der Waals surface area contributed by atoms with Crippen molar-refractivity contribution >= 4 is 32.9 Å². The number of halogens is 2. The number of aliphatic hydroxyl groups is 1. The molecule has 6 heteroatoms. The van der Waals surface area contributed by atoms with E-state index in [9.17, 15) is 5.11 Å². The lowest BCUT2D eigenvalue weighted by Crippen LogP contribution is -3.00. The Morgan fingerprint density at radius 1 is 0.929 bits per heavy atom. The number of anilines is 1. The molecule has 0 aliphatic heterocycles. The number of imidazole rings is 1. The number of para-hydroxylation sites is 2. The Hall–Kier alpha value is -2.34. The smallest absolute Gasteiger partial charge is 0.356 e. The average molecular weight is 459 g/mol. The number of rotatable bonds is 5. The molecule has 0 amide bonds. The van der Waals surface area contributed by atoms with Crippen LogP contribution in [-0.2, 0) is 13.1 Å². The maximum atomic E-state index is 10.7. The molecule has 0 bridgehead atoms. The van der Waals surface area contributed by atoms with Gasteiger partial charge in [-0.05, 0) is 35.4 Å². The van der Waals surface area contributed by atoms with Crippen molar-refractivity contribution in [2.24, 2.45) is 0 Å². The highest BCUT2D eigenvalue weighted by atomic mass is 79.9. The SMILES string of the molecule is Nc1n(CC(O)c2ccc(Br)cc2)c2ccccc2[n+]1Cc1ccccc1.[Cl-]. The van der Waals surface area contributed by atoms with Gasteiger partial charge >= 0.3 is 5.95 Å². The normalized spacial score (nSPS) is 11.9. The number of nitrogens with two attached hydrogens (primary N) is 1. The van der Waals surface area contributed by atoms with Crippen LogP contribution in [0.4, 0.5) is 5.95 Å². The number of hydrogen-bond acceptors (Lipinski definition) is 2. The lowest BCUT2D eigenvalue weighted by atomic mass is 10.1. The predicted octanol–water partition coefficient (Wildman–Crippen LogP) is 1.06. The molecule has 0 saturated heterocycles. The molecule has 4 nitrogen and oxygen atoms in total. The third kappa shape index (κ3) is 4.07. The molecule has 144 valence electrons. The van der Waals surface area contributed by atoms with Gasteiger partial charge in [0.15, 0.2) is 0 Å². The zero-order valence-corrected chi connectivity index (χ0v) is 17.5. The fraction of sp³-hybridized carbons (Fsp3) is 0.136. The summed E-state index contributed by atoms with van der Waals surface area (Å²) in [6.07, 6.45) is -0.638. The number of aliphatic hydroxyl groups excluding tert-OH is 1. The molecule has 3 aromatic carbocycles. The van der Waals surface area contributed by atoms with E-state index >= 15 is 0 Å². The van der Waals surface area contributed by atoms with E-state index in [1.165, 1.54) is 5.56 Å². The maximum Gasteiger partial charge on any atom is 0.356 e. The Bertz CT molecular complexity index is 1060. The minimum Gasteiger partial charge on any atom is -1.00 e. The minimum absolute atomic E-state index is 0. The van der Waals surface area contributed by atoms with Crippen LogP contribution in [0.3, 0.4) is 0 Å². The number of aromatic nitrogens is 2. The van der Waals surface area contributed by atoms with E-state index in [1.807, 2.05) is 65.2 Å². The molecule has 0 radical (unpaired) electrons. The third-order valence-electron chi connectivity index (χ3n) is 4.81. The highest BCUT2D eigenvalue weighted by Gasteiger charge is 2.23. The lowest BCUT2D eigenvalue weighted by Gasteiger charge is -2.11. The second-order valence-electron chi connectivity index (χ2n) is 6.60. The van der Waals surface area contributed by atoms with Gasteiger partial charge in [-0.15, -0.1) is 0 Å². The Kier molecular flexibility index (Phi) is 6.39. The van der Waals surface area contributed by atoms with Crippen molar-refractivity contribution in [1.82, 2.24) is 4.57 Å². The summed E-state index contributed by atoms with van der Waals surface area (Å²) in [6, 6.07) is 26.1. The van der Waals surface area contributed by atoms with Crippen LogP contribution < -0.4 is 22.7 Å². The topological polar surface area (TPSA) is 55.1 Å². The number of nitrogen functional groups attached to an aromatic ring is 1. The van der Waals surface area contributed by atoms with Crippen molar-refractivity contribution in [3.8, 4) is 0 Å². The fourth-order valence-electron chi connectivity index (χ4n) is 3.40. The van der Waals surface area contributed by atoms with E-state index < -0.39 is 6.10 Å². The lowest BCUT2D eigenvalue weighted by molar-refractivity contribution is -0.648. The average Bonchev–Trinajstić information content (AvgIpc) is 2.95. The van der Waals surface area contributed by atoms with Crippen molar-refractivity contribution in [2.45, 2.75) is 19.2 Å². The first kappa shape index (κ1) is 20.4. The van der Waals surface area contributed by atoms with Gasteiger partial charge in [-0.3, -0.25) is 5.73 Å². The van der Waals surface area contributed by atoms with Crippen LogP contribution in [0.5, 0.6) is 0 Å². The summed E-state index contributed by atoms with van der Waals surface area (Å²) in [5.41, 5.74) is 10.6. The minimum atomic E-state index is -0.638. The van der Waals surface area contributed by atoms with Crippen molar-refractivity contribution in [2.75, 3.05) is 5.73 Å². The Morgan fingerprint density at radius 3 is 2.29 bits per heavy atom. The molecule has 1 heterocycles. The first-order chi connectivity index (χ1) is 13.1. The first-order valence-electron chi connectivity index (χ1n) is 8.87. The Morgan fingerprint density at radius 2 is 1.57 bits per heavy atom. The van der Waals surface area contributed by atoms with Crippen LogP contribution in [0.25, 0.3) is 11.0 Å². The molecule has 0 spiro atoms. The molecule has 28 heavy (non-hydrogen) atoms. The van der Waals surface area contributed by atoms with E-state index in [0.29, 0.717) is 19.0 Å². The monoisotopic (exact) mass is 457 g/mol. The van der Waals surface area contributed by atoms with E-state index in [0.717, 1.165) is 21.1 Å². The van der Waals surface area contributed by atoms with E-state index in [4.69, 9.17) is 5.73 Å². The molecular formula is C22H21BrClN3O. The number of nitrogens with zero attached hydrogens (tertiary/aromatic N) is 2. The largest absolute Gasteiger partial charge is 1.00 e. The van der Waals surface area contributed by atoms with Crippen molar-refractivity contribution in [1.29, 1.82) is 0 Å². The summed E-state index contributed by atoms with van der Waals surface area (Å²) in [5.74, 6) is 0.635. The number of benzene rings is 3. The molecule has 0 saturated carbocycles. The van der Waals surface area contributed by atoms with E-state index in [-0.39, 0.29) is 12.4 Å². The number of hydrogen-bond donors (Lipinski definition) is 2. The zero-order valence-electron chi connectivity index (χ0n) is 15.2. The van der Waals surface area contributed by atoms with Crippen LogP contribution in [-0.4, -0.2) is 9.67 Å². The second kappa shape index (κ2) is 8.78. The quantitative estimate of drug-likeness (QED) is 0.440. The van der Waals surface area contributed by atoms with E-state index in [2.05, 4.69) is 38.7 Å². The van der Waals surface area contributed by atoms with Crippen LogP contribution in [0.1, 0.15) is 17.2 Å². The van der Waals surface area contributed by atoms with Gasteiger partial charge in [0.2, 0.25) is 0 Å². The molecule has 0 fully saturated rings. The summed E-state index contributed by atoms with van der Waals surface area (Å²) >= 11 is 3.43. The van der Waals surface area contributed by atoms with Crippen LogP contribution >= 0.6 is 15.9 Å². The summed E-state index contributed by atoms with van der Waals surface area (Å²) in [4.78, 5) is 0. The number of fused-ring (bicyclic) bond motifs is 1. The van der Waals surface area contributed by atoms with Crippen molar-refractivity contribution in [3.05, 3.63) is 94.5 Å². The first-order valence-corrected chi connectivity index (χ1v) is 9.67. The molecule has 3 N–H and O–H groups in total. The van der Waals surface area contributed by atoms with Gasteiger partial charge in [0.25, 0.3) is 0 Å². The van der Waals surface area contributed by atoms with Gasteiger partial charge in [-0.25, -0.2) is 9.13 Å². The summed E-state index contributed by atoms with van der Waals surface area (Å²) in [5, 5.41) is 10.7. The Balaban J connectivity index is 0.00000225. The highest BCUT2D eigenvalue weighted by molar-refractivity contribution is 9.10. The molecule has 0 aliphatic carbocycles. The standard InChI is InChI=1S/C22H20BrN3O.ClH/c23-18-12-10-17(11-13-18)21(27)15-26-20-9-5-4-8-19(20)25(22(26)24)14-16-6-2-1-3-7-16;/h1-13,21,24,27H,14-15H2;1H. The zero-order chi connectivity index (χ0) is 18.8. The molecule has 1 aromatic heterocycles. The molecule has 1 unspecified atom stereocenters. The van der Waals surface area contributed by atoms with Gasteiger partial charge in [-0.1, -0.05) is 70.5 Å². The van der Waals surface area contributed by atoms with Crippen molar-refractivity contribution in [3.63, 3.8) is 0 Å².